The molecule has 0 saturated heterocycles. The third-order valence-electron chi connectivity index (χ3n) is 2.83. The molecular formula is C14H15FN4O. The molecule has 0 atom stereocenters. The highest BCUT2D eigenvalue weighted by atomic mass is 19.1. The maximum Gasteiger partial charge on any atom is 0.276 e. The minimum Gasteiger partial charge on any atom is -0.324 e. The van der Waals surface area contributed by atoms with Gasteiger partial charge in [0.1, 0.15) is 11.5 Å². The molecule has 104 valence electrons. The second-order valence-corrected chi connectivity index (χ2v) is 4.10. The van der Waals surface area contributed by atoms with Gasteiger partial charge < -0.3 is 10.3 Å². The van der Waals surface area contributed by atoms with Gasteiger partial charge in [-0.25, -0.2) is 4.39 Å². The van der Waals surface area contributed by atoms with Crippen LogP contribution in [-0.2, 0) is 0 Å². The number of nitrogens with one attached hydrogen (secondary N) is 1. The minimum absolute atomic E-state index is 0.242. The predicted molar refractivity (Wildman–Crippen MR) is 75.8 cm³/mol. The molecule has 0 aliphatic rings. The lowest BCUT2D eigenvalue weighted by Gasteiger charge is -2.20. The molecule has 0 radical (unpaired) electrons. The number of anilines is 2. The number of rotatable bonds is 4. The van der Waals surface area contributed by atoms with Crippen molar-refractivity contribution < 1.29 is 9.18 Å². The first kappa shape index (κ1) is 14.0. The maximum absolute atomic E-state index is 13.3. The number of pyridine rings is 1. The summed E-state index contributed by atoms with van der Waals surface area (Å²) in [6.45, 7) is 2.22. The molecular weight excluding hydrogens is 259 g/mol. The lowest BCUT2D eigenvalue weighted by molar-refractivity contribution is 0.0983. The van der Waals surface area contributed by atoms with E-state index < -0.39 is 0 Å². The quantitative estimate of drug-likeness (QED) is 0.662. The van der Waals surface area contributed by atoms with E-state index in [4.69, 9.17) is 5.84 Å². The fourth-order valence-corrected chi connectivity index (χ4v) is 1.86. The van der Waals surface area contributed by atoms with Crippen LogP contribution in [0.2, 0.25) is 0 Å². The number of benzene rings is 1. The van der Waals surface area contributed by atoms with Crippen molar-refractivity contribution in [1.29, 1.82) is 0 Å². The molecule has 1 aromatic carbocycles. The number of aromatic nitrogens is 1. The van der Waals surface area contributed by atoms with Gasteiger partial charge in [-0.05, 0) is 37.3 Å². The first-order valence-electron chi connectivity index (χ1n) is 6.15. The summed E-state index contributed by atoms with van der Waals surface area (Å²) in [6, 6.07) is 9.08. The molecule has 0 spiro atoms. The normalized spacial score (nSPS) is 10.2. The second-order valence-electron chi connectivity index (χ2n) is 4.10. The van der Waals surface area contributed by atoms with Crippen LogP contribution in [-0.4, -0.2) is 17.4 Å². The number of amides is 1. The van der Waals surface area contributed by atoms with Gasteiger partial charge in [0.15, 0.2) is 0 Å². The van der Waals surface area contributed by atoms with Crippen LogP contribution in [0.1, 0.15) is 17.4 Å². The minimum atomic E-state index is -0.390. The van der Waals surface area contributed by atoms with Crippen molar-refractivity contribution in [2.45, 2.75) is 6.92 Å². The predicted octanol–water partition coefficient (Wildman–Crippen LogP) is 2.17. The molecule has 1 amide bonds. The number of halogens is 1. The highest BCUT2D eigenvalue weighted by Crippen LogP contribution is 2.18. The average Bonchev–Trinajstić information content (AvgIpc) is 2.48. The van der Waals surface area contributed by atoms with Gasteiger partial charge in [-0.2, -0.15) is 0 Å². The number of hydrogen-bond donors (Lipinski definition) is 2. The van der Waals surface area contributed by atoms with Crippen LogP contribution < -0.4 is 16.2 Å². The molecule has 1 aromatic heterocycles. The number of carbonyl (C=O) groups excluding carboxylic acids is 1. The number of hydrogen-bond acceptors (Lipinski definition) is 4. The van der Waals surface area contributed by atoms with Gasteiger partial charge in [-0.3, -0.25) is 15.6 Å². The molecule has 0 fully saturated rings. The number of nitrogens with zero attached hydrogens (tertiary/aromatic N) is 2. The molecule has 20 heavy (non-hydrogen) atoms. The van der Waals surface area contributed by atoms with Crippen molar-refractivity contribution in [1.82, 2.24) is 4.98 Å². The summed E-state index contributed by atoms with van der Waals surface area (Å²) in [5.41, 5.74) is 3.77. The summed E-state index contributed by atoms with van der Waals surface area (Å²) in [5, 5.41) is 0. The van der Waals surface area contributed by atoms with Crippen molar-refractivity contribution in [3.8, 4) is 0 Å². The van der Waals surface area contributed by atoms with Gasteiger partial charge in [-0.15, -0.1) is 0 Å². The number of nitrogens with two attached hydrogens (primary N) is 1. The van der Waals surface area contributed by atoms with Crippen LogP contribution in [0.25, 0.3) is 0 Å². The highest BCUT2D eigenvalue weighted by Gasteiger charge is 2.18. The van der Waals surface area contributed by atoms with Gasteiger partial charge in [0.05, 0.1) is 5.69 Å². The first-order valence-corrected chi connectivity index (χ1v) is 6.15. The summed E-state index contributed by atoms with van der Waals surface area (Å²) in [5.74, 6) is 4.61. The molecule has 0 unspecified atom stereocenters. The van der Waals surface area contributed by atoms with Crippen LogP contribution in [0.5, 0.6) is 0 Å². The van der Waals surface area contributed by atoms with Crippen molar-refractivity contribution >= 4 is 17.3 Å². The van der Waals surface area contributed by atoms with Gasteiger partial charge in [0.25, 0.3) is 5.91 Å². The topological polar surface area (TPSA) is 71.2 Å². The number of nitrogen functional groups attached to an aromatic ring is 1. The molecule has 0 aliphatic carbocycles. The second kappa shape index (κ2) is 6.12. The zero-order valence-corrected chi connectivity index (χ0v) is 11.0. The Bertz CT molecular complexity index is 618. The first-order chi connectivity index (χ1) is 9.65. The highest BCUT2D eigenvalue weighted by molar-refractivity contribution is 6.05. The Morgan fingerprint density at radius 1 is 1.40 bits per heavy atom. The molecule has 6 heteroatoms. The smallest absolute Gasteiger partial charge is 0.276 e. The Kier molecular flexibility index (Phi) is 4.27. The molecule has 0 bridgehead atoms. The summed E-state index contributed by atoms with van der Waals surface area (Å²) in [7, 11) is 0. The van der Waals surface area contributed by atoms with Gasteiger partial charge >= 0.3 is 0 Å². The third-order valence-corrected chi connectivity index (χ3v) is 2.83. The van der Waals surface area contributed by atoms with Crippen LogP contribution in [0.3, 0.4) is 0 Å². The summed E-state index contributed by atoms with van der Waals surface area (Å²) in [6.07, 6.45) is 1.49. The fraction of sp³-hybridized carbons (Fsp3) is 0.143. The van der Waals surface area contributed by atoms with E-state index in [9.17, 15) is 9.18 Å². The molecule has 1 heterocycles. The van der Waals surface area contributed by atoms with Crippen LogP contribution >= 0.6 is 0 Å². The fourth-order valence-electron chi connectivity index (χ4n) is 1.86. The van der Waals surface area contributed by atoms with E-state index >= 15 is 0 Å². The Hall–Kier alpha value is -2.47. The maximum atomic E-state index is 13.3. The summed E-state index contributed by atoms with van der Waals surface area (Å²) in [4.78, 5) is 17.9. The van der Waals surface area contributed by atoms with Crippen molar-refractivity contribution in [3.05, 3.63) is 54.1 Å². The molecule has 3 N–H and O–H groups in total. The van der Waals surface area contributed by atoms with E-state index in [2.05, 4.69) is 10.4 Å². The Morgan fingerprint density at radius 2 is 2.20 bits per heavy atom. The van der Waals surface area contributed by atoms with Crippen molar-refractivity contribution in [2.75, 3.05) is 16.9 Å². The van der Waals surface area contributed by atoms with E-state index in [-0.39, 0.29) is 17.4 Å². The molecule has 0 saturated carbocycles. The Labute approximate surface area is 116 Å². The van der Waals surface area contributed by atoms with Gasteiger partial charge in [0, 0.05) is 18.4 Å². The van der Waals surface area contributed by atoms with Gasteiger partial charge in [0.2, 0.25) is 0 Å². The molecule has 0 aliphatic heterocycles. The Morgan fingerprint density at radius 3 is 2.85 bits per heavy atom. The monoisotopic (exact) mass is 274 g/mol. The van der Waals surface area contributed by atoms with E-state index in [1.165, 1.54) is 23.2 Å². The zero-order valence-electron chi connectivity index (χ0n) is 11.0. The van der Waals surface area contributed by atoms with Crippen molar-refractivity contribution in [3.63, 3.8) is 0 Å². The lowest BCUT2D eigenvalue weighted by Crippen LogP contribution is -2.31. The standard InChI is InChI=1S/C14H15FN4O/c1-2-19(12-5-3-4-10(15)8-12)14(20)13-9-11(18-16)6-7-17-13/h3-9H,2,16H2,1H3,(H,17,18). The molecule has 2 aromatic rings. The number of carbonyl (C=O) groups is 1. The van der Waals surface area contributed by atoms with Gasteiger partial charge in [-0.1, -0.05) is 6.07 Å². The largest absolute Gasteiger partial charge is 0.324 e. The molecule has 2 rings (SSSR count). The Balaban J connectivity index is 2.33. The molecule has 5 nitrogen and oxygen atoms in total. The summed E-state index contributed by atoms with van der Waals surface area (Å²) >= 11 is 0. The van der Waals surface area contributed by atoms with E-state index in [1.807, 2.05) is 6.92 Å². The average molecular weight is 274 g/mol. The van der Waals surface area contributed by atoms with E-state index in [0.29, 0.717) is 17.9 Å². The van der Waals surface area contributed by atoms with Crippen LogP contribution in [0.15, 0.2) is 42.6 Å². The van der Waals surface area contributed by atoms with Crippen LogP contribution in [0.4, 0.5) is 15.8 Å². The van der Waals surface area contributed by atoms with Crippen molar-refractivity contribution in [2.24, 2.45) is 5.84 Å². The third kappa shape index (κ3) is 2.92. The lowest BCUT2D eigenvalue weighted by atomic mass is 10.2. The van der Waals surface area contributed by atoms with E-state index in [1.54, 1.807) is 24.3 Å². The zero-order chi connectivity index (χ0) is 14.5. The summed E-state index contributed by atoms with van der Waals surface area (Å²) < 4.78 is 13.3. The number of hydrazine groups is 1. The van der Waals surface area contributed by atoms with Crippen LogP contribution in [0, 0.1) is 5.82 Å². The SMILES string of the molecule is CCN(C(=O)c1cc(NN)ccn1)c1cccc(F)c1. The van der Waals surface area contributed by atoms with E-state index in [0.717, 1.165) is 0 Å².